The number of imidazole rings is 1. The Morgan fingerprint density at radius 2 is 1.77 bits per heavy atom. The van der Waals surface area contributed by atoms with Crippen LogP contribution in [0, 0.1) is 0 Å². The van der Waals surface area contributed by atoms with Crippen molar-refractivity contribution in [2.45, 2.75) is 6.04 Å². The number of aromatic amines is 1. The number of benzene rings is 2. The van der Waals surface area contributed by atoms with Crippen molar-refractivity contribution < 1.29 is 10.0 Å². The van der Waals surface area contributed by atoms with Gasteiger partial charge in [-0.2, -0.15) is 4.73 Å². The van der Waals surface area contributed by atoms with Gasteiger partial charge in [0.2, 0.25) is 0 Å². The van der Waals surface area contributed by atoms with Crippen molar-refractivity contribution in [3.8, 4) is 33.9 Å². The summed E-state index contributed by atoms with van der Waals surface area (Å²) in [6.45, 7) is 0. The molecule has 2 aliphatic heterocycles. The van der Waals surface area contributed by atoms with Crippen LogP contribution in [0.2, 0.25) is 0 Å². The monoisotopic (exact) mass is 458 g/mol. The number of carbonyl (C=O) groups is 1. The minimum atomic E-state index is -0.320. The van der Waals surface area contributed by atoms with Gasteiger partial charge < -0.3 is 15.5 Å². The number of aromatic nitrogens is 5. The number of rotatable bonds is 3. The minimum Gasteiger partial charge on any atom is -0.429 e. The number of fused-ring (bicyclic) bond motifs is 5. The topological polar surface area (TPSA) is 109 Å². The lowest BCUT2D eigenvalue weighted by molar-refractivity contribution is 0.0945. The number of nitrogens with one attached hydrogen (secondary N) is 2. The van der Waals surface area contributed by atoms with Crippen LogP contribution < -0.4 is 5.32 Å². The minimum absolute atomic E-state index is 0.169. The largest absolute Gasteiger partial charge is 0.429 e. The zero-order valence-corrected chi connectivity index (χ0v) is 18.3. The molecule has 1 amide bonds. The molecule has 0 saturated carbocycles. The molecule has 0 fully saturated rings. The van der Waals surface area contributed by atoms with E-state index < -0.39 is 0 Å². The molecule has 1 atom stereocenters. The van der Waals surface area contributed by atoms with Crippen LogP contribution in [0.5, 0.6) is 0 Å². The van der Waals surface area contributed by atoms with E-state index in [1.54, 1.807) is 24.5 Å². The van der Waals surface area contributed by atoms with Crippen molar-refractivity contribution in [2.24, 2.45) is 0 Å². The van der Waals surface area contributed by atoms with E-state index >= 15 is 0 Å². The van der Waals surface area contributed by atoms with E-state index in [9.17, 15) is 10.0 Å². The molecule has 4 heterocycles. The second kappa shape index (κ2) is 7.26. The Kier molecular flexibility index (Phi) is 4.04. The molecule has 1 aliphatic carbocycles. The second-order valence-electron chi connectivity index (χ2n) is 8.50. The molecule has 0 radical (unpaired) electrons. The molecule has 8 heteroatoms. The molecule has 4 aromatic rings. The summed E-state index contributed by atoms with van der Waals surface area (Å²) in [7, 11) is 0. The molecule has 3 N–H and O–H groups in total. The average Bonchev–Trinajstić information content (AvgIpc) is 3.60. The third-order valence-corrected chi connectivity index (χ3v) is 6.52. The Hall–Kier alpha value is -4.98. The van der Waals surface area contributed by atoms with Crippen molar-refractivity contribution >= 4 is 16.9 Å². The van der Waals surface area contributed by atoms with Gasteiger partial charge in [0.05, 0.1) is 23.5 Å². The number of amides is 1. The Balaban J connectivity index is 1.36. The van der Waals surface area contributed by atoms with Crippen LogP contribution >= 0.6 is 0 Å². The molecule has 2 aromatic carbocycles. The quantitative estimate of drug-likeness (QED) is 0.334. The van der Waals surface area contributed by atoms with Gasteiger partial charge >= 0.3 is 0 Å². The van der Waals surface area contributed by atoms with Crippen molar-refractivity contribution in [1.29, 1.82) is 0 Å². The lowest BCUT2D eigenvalue weighted by Gasteiger charge is -2.16. The summed E-state index contributed by atoms with van der Waals surface area (Å²) in [6, 6.07) is 19.1. The summed E-state index contributed by atoms with van der Waals surface area (Å²) in [5, 5.41) is 13.8. The van der Waals surface area contributed by atoms with E-state index in [4.69, 9.17) is 4.98 Å². The fraction of sp³-hybridized carbons (Fsp3) is 0.0370. The fourth-order valence-corrected chi connectivity index (χ4v) is 4.99. The highest BCUT2D eigenvalue weighted by atomic mass is 16.5. The van der Waals surface area contributed by atoms with Gasteiger partial charge in [-0.3, -0.25) is 4.79 Å². The SMILES string of the molecule is O=C(N[C@@H]1c2ccccc2-c2c(-c3nc4ccn(O)cc-4n3)cccc21)c1ccnc2[nH]ccc12. The van der Waals surface area contributed by atoms with E-state index in [-0.39, 0.29) is 11.9 Å². The number of hydrogen-bond donors (Lipinski definition) is 3. The number of carbonyl (C=O) groups excluding carboxylic acids is 1. The molecule has 7 rings (SSSR count). The van der Waals surface area contributed by atoms with Crippen LogP contribution in [-0.4, -0.2) is 35.8 Å². The summed E-state index contributed by atoms with van der Waals surface area (Å²) in [4.78, 5) is 30.1. The van der Waals surface area contributed by atoms with E-state index in [0.29, 0.717) is 28.4 Å². The predicted molar refractivity (Wildman–Crippen MR) is 130 cm³/mol. The Bertz CT molecular complexity index is 1730. The molecule has 3 aliphatic rings. The summed E-state index contributed by atoms with van der Waals surface area (Å²) in [5.41, 5.74) is 7.48. The van der Waals surface area contributed by atoms with Crippen LogP contribution in [0.25, 0.3) is 44.9 Å². The molecule has 0 spiro atoms. The maximum Gasteiger partial charge on any atom is 0.252 e. The predicted octanol–water partition coefficient (Wildman–Crippen LogP) is 4.66. The fourth-order valence-electron chi connectivity index (χ4n) is 4.99. The van der Waals surface area contributed by atoms with Gasteiger partial charge in [0, 0.05) is 29.5 Å². The van der Waals surface area contributed by atoms with Crippen LogP contribution in [-0.2, 0) is 0 Å². The highest BCUT2D eigenvalue weighted by Gasteiger charge is 2.33. The zero-order chi connectivity index (χ0) is 23.5. The molecule has 2 aromatic heterocycles. The van der Waals surface area contributed by atoms with Gasteiger partial charge in [0.25, 0.3) is 5.91 Å². The first-order chi connectivity index (χ1) is 17.2. The molecular formula is C27H18N6O2. The standard InChI is InChI=1S/C27H18N6O2/c34-27(18-9-12-29-25-17(18)8-11-28-25)32-24-16-5-2-1-4-15(16)23-19(24)6-3-7-20(23)26-30-21-10-13-33(35)14-22(21)31-26/h1-14,24,35H,(H,28,29)(H,32,34)/t24-/m1/s1. The molecule has 0 unspecified atom stereocenters. The number of H-pyrrole nitrogens is 1. The second-order valence-corrected chi connectivity index (χ2v) is 8.50. The summed E-state index contributed by atoms with van der Waals surface area (Å²) < 4.78 is 0.970. The van der Waals surface area contributed by atoms with Crippen molar-refractivity contribution in [3.05, 3.63) is 102 Å². The van der Waals surface area contributed by atoms with Crippen LogP contribution in [0.1, 0.15) is 27.5 Å². The van der Waals surface area contributed by atoms with Gasteiger partial charge in [0.1, 0.15) is 11.3 Å². The van der Waals surface area contributed by atoms with Crippen molar-refractivity contribution in [2.75, 3.05) is 0 Å². The smallest absolute Gasteiger partial charge is 0.252 e. The zero-order valence-electron chi connectivity index (χ0n) is 18.3. The molecular weight excluding hydrogens is 440 g/mol. The molecule has 168 valence electrons. The number of pyridine rings is 2. The number of nitrogens with zero attached hydrogens (tertiary/aromatic N) is 4. The van der Waals surface area contributed by atoms with Gasteiger partial charge in [0.15, 0.2) is 5.82 Å². The van der Waals surface area contributed by atoms with E-state index in [2.05, 4.69) is 26.3 Å². The van der Waals surface area contributed by atoms with Gasteiger partial charge in [-0.05, 0) is 40.5 Å². The van der Waals surface area contributed by atoms with Crippen LogP contribution in [0.15, 0.2) is 85.5 Å². The maximum absolute atomic E-state index is 13.4. The first-order valence-electron chi connectivity index (χ1n) is 11.2. The average molecular weight is 458 g/mol. The van der Waals surface area contributed by atoms with E-state index in [0.717, 1.165) is 37.9 Å². The Morgan fingerprint density at radius 1 is 0.943 bits per heavy atom. The Labute approximate surface area is 199 Å². The van der Waals surface area contributed by atoms with E-state index in [1.165, 1.54) is 12.4 Å². The summed E-state index contributed by atoms with van der Waals surface area (Å²) in [6.07, 6.45) is 6.47. The first-order valence-corrected chi connectivity index (χ1v) is 11.2. The highest BCUT2D eigenvalue weighted by Crippen LogP contribution is 2.48. The summed E-state index contributed by atoms with van der Waals surface area (Å²) in [5.74, 6) is 0.408. The van der Waals surface area contributed by atoms with Crippen LogP contribution in [0.3, 0.4) is 0 Å². The van der Waals surface area contributed by atoms with E-state index in [1.807, 2.05) is 42.5 Å². The van der Waals surface area contributed by atoms with Gasteiger partial charge in [-0.1, -0.05) is 42.5 Å². The normalized spacial score (nSPS) is 14.2. The van der Waals surface area contributed by atoms with Crippen molar-refractivity contribution in [3.63, 3.8) is 0 Å². The number of hydrogen-bond acceptors (Lipinski definition) is 5. The summed E-state index contributed by atoms with van der Waals surface area (Å²) >= 11 is 0. The Morgan fingerprint density at radius 3 is 2.71 bits per heavy atom. The lowest BCUT2D eigenvalue weighted by Crippen LogP contribution is -2.28. The van der Waals surface area contributed by atoms with Crippen molar-refractivity contribution in [1.82, 2.24) is 30.0 Å². The molecule has 0 saturated heterocycles. The van der Waals surface area contributed by atoms with Crippen LogP contribution in [0.4, 0.5) is 0 Å². The third kappa shape index (κ3) is 2.93. The lowest BCUT2D eigenvalue weighted by atomic mass is 9.98. The highest BCUT2D eigenvalue weighted by molar-refractivity contribution is 6.06. The maximum atomic E-state index is 13.4. The van der Waals surface area contributed by atoms with Gasteiger partial charge in [-0.25, -0.2) is 15.0 Å². The molecule has 8 nitrogen and oxygen atoms in total. The third-order valence-electron chi connectivity index (χ3n) is 6.52. The first kappa shape index (κ1) is 19.5. The van der Waals surface area contributed by atoms with Gasteiger partial charge in [-0.15, -0.1) is 0 Å². The molecule has 35 heavy (non-hydrogen) atoms. The molecule has 0 bridgehead atoms.